The molecule has 0 aliphatic rings. The first-order valence-electron chi connectivity index (χ1n) is 4.38. The molecule has 2 heterocycles. The van der Waals surface area contributed by atoms with E-state index in [1.54, 1.807) is 17.5 Å². The number of nitrogens with zero attached hydrogens (tertiary/aromatic N) is 3. The van der Waals surface area contributed by atoms with Crippen molar-refractivity contribution in [2.24, 2.45) is 0 Å². The van der Waals surface area contributed by atoms with Gasteiger partial charge in [-0.2, -0.15) is 0 Å². The van der Waals surface area contributed by atoms with Crippen LogP contribution in [-0.2, 0) is 6.54 Å². The summed E-state index contributed by atoms with van der Waals surface area (Å²) in [5.74, 6) is 0. The van der Waals surface area contributed by atoms with E-state index in [4.69, 9.17) is 0 Å². The van der Waals surface area contributed by atoms with Gasteiger partial charge in [-0.3, -0.25) is 4.98 Å². The first-order chi connectivity index (χ1) is 7.29. The zero-order valence-corrected chi connectivity index (χ0v) is 10.5. The molecule has 0 saturated carbocycles. The third kappa shape index (κ3) is 2.58. The summed E-state index contributed by atoms with van der Waals surface area (Å²) in [7, 11) is 1.89. The van der Waals surface area contributed by atoms with Crippen molar-refractivity contribution in [3.63, 3.8) is 0 Å². The van der Waals surface area contributed by atoms with E-state index in [9.17, 15) is 0 Å². The van der Waals surface area contributed by atoms with Crippen LogP contribution in [0.15, 0.2) is 22.8 Å². The van der Waals surface area contributed by atoms with E-state index in [-0.39, 0.29) is 0 Å². The van der Waals surface area contributed by atoms with Crippen molar-refractivity contribution < 1.29 is 0 Å². The molecule has 0 spiro atoms. The van der Waals surface area contributed by atoms with Crippen molar-refractivity contribution in [1.29, 1.82) is 0 Å². The molecule has 15 heavy (non-hydrogen) atoms. The van der Waals surface area contributed by atoms with Gasteiger partial charge in [0.1, 0.15) is 10.7 Å². The Hall–Kier alpha value is -0.850. The van der Waals surface area contributed by atoms with Gasteiger partial charge in [0.2, 0.25) is 0 Å². The monoisotopic (exact) mass is 284 g/mol. The molecule has 4 nitrogen and oxygen atoms in total. The summed E-state index contributed by atoms with van der Waals surface area (Å²) in [4.78, 5) is 4.26. The van der Waals surface area contributed by atoms with Gasteiger partial charge in [-0.15, -0.1) is 10.2 Å². The van der Waals surface area contributed by atoms with Gasteiger partial charge in [-0.25, -0.2) is 0 Å². The quantitative estimate of drug-likeness (QED) is 0.938. The minimum absolute atomic E-state index is 0.744. The van der Waals surface area contributed by atoms with Crippen LogP contribution in [0, 0.1) is 0 Å². The second-order valence-electron chi connectivity index (χ2n) is 2.89. The maximum Gasteiger partial charge on any atom is 0.166 e. The molecule has 0 radical (unpaired) electrons. The minimum atomic E-state index is 0.744. The van der Waals surface area contributed by atoms with Gasteiger partial charge in [-0.1, -0.05) is 11.3 Å². The molecule has 0 aromatic carbocycles. The van der Waals surface area contributed by atoms with Gasteiger partial charge in [0, 0.05) is 17.2 Å². The maximum atomic E-state index is 4.26. The third-order valence-corrected chi connectivity index (χ3v) is 3.16. The third-order valence-electron chi connectivity index (χ3n) is 1.74. The van der Waals surface area contributed by atoms with Crippen LogP contribution in [0.2, 0.25) is 0 Å². The molecular weight excluding hydrogens is 276 g/mol. The Labute approximate surface area is 99.9 Å². The average molecular weight is 285 g/mol. The Morgan fingerprint density at radius 1 is 1.40 bits per heavy atom. The van der Waals surface area contributed by atoms with Crippen molar-refractivity contribution >= 4 is 27.3 Å². The summed E-state index contributed by atoms with van der Waals surface area (Å²) in [5, 5.41) is 13.0. The molecule has 0 saturated heterocycles. The Kier molecular flexibility index (Phi) is 3.40. The lowest BCUT2D eigenvalue weighted by Crippen LogP contribution is -2.04. The molecule has 2 aromatic heterocycles. The first kappa shape index (κ1) is 10.7. The lowest BCUT2D eigenvalue weighted by molar-refractivity contribution is 0.794. The second-order valence-corrected chi connectivity index (χ2v) is 4.87. The minimum Gasteiger partial charge on any atom is -0.313 e. The second kappa shape index (κ2) is 4.78. The molecule has 0 bridgehead atoms. The van der Waals surface area contributed by atoms with Crippen LogP contribution >= 0.6 is 27.3 Å². The SMILES string of the molecule is CNCc1nnc(-c2ccc(Br)cn2)s1. The van der Waals surface area contributed by atoms with Crippen LogP contribution in [0.25, 0.3) is 10.7 Å². The Balaban J connectivity index is 2.25. The van der Waals surface area contributed by atoms with E-state index in [2.05, 4.69) is 36.4 Å². The number of nitrogens with one attached hydrogen (secondary N) is 1. The highest BCUT2D eigenvalue weighted by atomic mass is 79.9. The molecule has 0 atom stereocenters. The molecule has 0 unspecified atom stereocenters. The number of hydrogen-bond acceptors (Lipinski definition) is 5. The lowest BCUT2D eigenvalue weighted by atomic mass is 10.4. The summed E-state index contributed by atoms with van der Waals surface area (Å²) in [6, 6.07) is 3.87. The maximum absolute atomic E-state index is 4.26. The molecule has 0 aliphatic carbocycles. The van der Waals surface area contributed by atoms with Gasteiger partial charge in [-0.05, 0) is 35.1 Å². The molecule has 2 rings (SSSR count). The molecule has 0 fully saturated rings. The van der Waals surface area contributed by atoms with Crippen LogP contribution in [0.3, 0.4) is 0 Å². The van der Waals surface area contributed by atoms with Crippen molar-refractivity contribution in [2.45, 2.75) is 6.54 Å². The van der Waals surface area contributed by atoms with Crippen LogP contribution in [0.1, 0.15) is 5.01 Å². The van der Waals surface area contributed by atoms with Crippen molar-refractivity contribution in [3.8, 4) is 10.7 Å². The highest BCUT2D eigenvalue weighted by Gasteiger charge is 2.06. The van der Waals surface area contributed by atoms with E-state index in [1.165, 1.54) is 0 Å². The summed E-state index contributed by atoms with van der Waals surface area (Å²) < 4.78 is 0.964. The van der Waals surface area contributed by atoms with Crippen LogP contribution in [0.5, 0.6) is 0 Å². The fraction of sp³-hybridized carbons (Fsp3) is 0.222. The summed E-state index contributed by atoms with van der Waals surface area (Å²) in [6.07, 6.45) is 1.76. The van der Waals surface area contributed by atoms with Gasteiger partial charge in [0.25, 0.3) is 0 Å². The highest BCUT2D eigenvalue weighted by molar-refractivity contribution is 9.10. The lowest BCUT2D eigenvalue weighted by Gasteiger charge is -1.93. The Morgan fingerprint density at radius 3 is 2.93 bits per heavy atom. The topological polar surface area (TPSA) is 50.7 Å². The predicted octanol–water partition coefficient (Wildman–Crippen LogP) is 2.08. The van der Waals surface area contributed by atoms with E-state index < -0.39 is 0 Å². The largest absolute Gasteiger partial charge is 0.313 e. The molecule has 2 aromatic rings. The predicted molar refractivity (Wildman–Crippen MR) is 63.6 cm³/mol. The number of rotatable bonds is 3. The average Bonchev–Trinajstić information content (AvgIpc) is 2.68. The number of hydrogen-bond donors (Lipinski definition) is 1. The smallest absolute Gasteiger partial charge is 0.166 e. The number of halogens is 1. The fourth-order valence-corrected chi connectivity index (χ4v) is 2.14. The summed E-state index contributed by atoms with van der Waals surface area (Å²) in [6.45, 7) is 0.744. The standard InChI is InChI=1S/C9H9BrN4S/c1-11-5-8-13-14-9(15-8)7-3-2-6(10)4-12-7/h2-4,11H,5H2,1H3. The molecule has 1 N–H and O–H groups in total. The number of pyridine rings is 1. The van der Waals surface area contributed by atoms with Crippen molar-refractivity contribution in [1.82, 2.24) is 20.5 Å². The van der Waals surface area contributed by atoms with Crippen LogP contribution in [0.4, 0.5) is 0 Å². The van der Waals surface area contributed by atoms with E-state index in [0.29, 0.717) is 0 Å². The molecule has 78 valence electrons. The summed E-state index contributed by atoms with van der Waals surface area (Å²) in [5.41, 5.74) is 0.859. The molecular formula is C9H9BrN4S. The Morgan fingerprint density at radius 2 is 2.27 bits per heavy atom. The molecule has 0 aliphatic heterocycles. The zero-order chi connectivity index (χ0) is 10.7. The molecule has 0 amide bonds. The fourth-order valence-electron chi connectivity index (χ4n) is 1.08. The highest BCUT2D eigenvalue weighted by Crippen LogP contribution is 2.22. The van der Waals surface area contributed by atoms with E-state index >= 15 is 0 Å². The van der Waals surface area contributed by atoms with Crippen molar-refractivity contribution in [2.75, 3.05) is 7.05 Å². The van der Waals surface area contributed by atoms with Crippen molar-refractivity contribution in [3.05, 3.63) is 27.8 Å². The normalized spacial score (nSPS) is 10.5. The van der Waals surface area contributed by atoms with E-state index in [1.807, 2.05) is 19.2 Å². The number of aromatic nitrogens is 3. The molecule has 6 heteroatoms. The zero-order valence-electron chi connectivity index (χ0n) is 8.07. The summed E-state index contributed by atoms with van der Waals surface area (Å²) >= 11 is 4.90. The van der Waals surface area contributed by atoms with Gasteiger partial charge >= 0.3 is 0 Å². The van der Waals surface area contributed by atoms with Gasteiger partial charge in [0.15, 0.2) is 5.01 Å². The first-order valence-corrected chi connectivity index (χ1v) is 5.99. The van der Waals surface area contributed by atoms with Crippen LogP contribution in [-0.4, -0.2) is 22.2 Å². The van der Waals surface area contributed by atoms with E-state index in [0.717, 1.165) is 26.7 Å². The van der Waals surface area contributed by atoms with Crippen LogP contribution < -0.4 is 5.32 Å². The Bertz CT molecular complexity index is 440. The van der Waals surface area contributed by atoms with Gasteiger partial charge < -0.3 is 5.32 Å². The van der Waals surface area contributed by atoms with Gasteiger partial charge in [0.05, 0.1) is 0 Å².